The Morgan fingerprint density at radius 2 is 1.78 bits per heavy atom. The number of rotatable bonds is 18. The van der Waals surface area contributed by atoms with Crippen molar-refractivity contribution >= 4 is 50.1 Å². The van der Waals surface area contributed by atoms with Gasteiger partial charge in [0.1, 0.15) is 5.60 Å². The third-order valence-electron chi connectivity index (χ3n) is 6.76. The van der Waals surface area contributed by atoms with Crippen molar-refractivity contribution in [1.82, 2.24) is 25.3 Å². The first kappa shape index (κ1) is 38.4. The van der Waals surface area contributed by atoms with Crippen LogP contribution < -0.4 is 20.1 Å². The van der Waals surface area contributed by atoms with Gasteiger partial charge in [-0.25, -0.2) is 23.2 Å². The van der Waals surface area contributed by atoms with E-state index in [9.17, 15) is 22.8 Å². The molecule has 18 heteroatoms. The van der Waals surface area contributed by atoms with Gasteiger partial charge in [-0.15, -0.1) is 11.3 Å². The first-order valence-corrected chi connectivity index (χ1v) is 18.5. The van der Waals surface area contributed by atoms with Crippen LogP contribution in [0.25, 0.3) is 11.3 Å². The summed E-state index contributed by atoms with van der Waals surface area (Å²) in [4.78, 5) is 57.1. The van der Waals surface area contributed by atoms with Crippen LogP contribution in [0.2, 0.25) is 0 Å². The summed E-state index contributed by atoms with van der Waals surface area (Å²) in [6.07, 6.45) is 3.55. The molecule has 3 amide bonds. The van der Waals surface area contributed by atoms with Crippen LogP contribution in [0, 0.1) is 0 Å². The molecule has 0 bridgehead atoms. The van der Waals surface area contributed by atoms with E-state index in [1.165, 1.54) is 11.6 Å². The number of hydroxylamine groups is 2. The zero-order valence-corrected chi connectivity index (χ0v) is 30.3. The standard InChI is InChI=1S/C32H43N7O9S2/c1-6-39(31(42)48-32(3,4)5)47-17-16-45-15-14-26(40)37-28(25-20-49-30(36-25)38-50(43,44)23-12-13-23)29(41)34-22-10-8-21(9-11-22)24-18-33-19-27(35-24)46-7-2/h8-11,18-20,23,28H,6-7,12-17H2,1-5H3,(H,34,41)(H,36,38)(H,37,40). The summed E-state index contributed by atoms with van der Waals surface area (Å²) < 4.78 is 43.6. The fourth-order valence-electron chi connectivity index (χ4n) is 4.26. The molecule has 1 fully saturated rings. The fourth-order valence-corrected chi connectivity index (χ4v) is 6.59. The van der Waals surface area contributed by atoms with Crippen LogP contribution in [-0.2, 0) is 33.9 Å². The molecule has 3 aromatic rings. The maximum Gasteiger partial charge on any atom is 0.434 e. The number of anilines is 2. The lowest BCUT2D eigenvalue weighted by molar-refractivity contribution is -0.154. The van der Waals surface area contributed by atoms with Gasteiger partial charge in [0, 0.05) is 29.6 Å². The summed E-state index contributed by atoms with van der Waals surface area (Å²) >= 11 is 1.01. The third-order valence-corrected chi connectivity index (χ3v) is 9.50. The molecule has 0 spiro atoms. The monoisotopic (exact) mass is 733 g/mol. The number of benzene rings is 1. The lowest BCUT2D eigenvalue weighted by atomic mass is 10.1. The number of aromatic nitrogens is 3. The molecule has 0 aliphatic heterocycles. The first-order valence-electron chi connectivity index (χ1n) is 16.1. The van der Waals surface area contributed by atoms with Crippen LogP contribution >= 0.6 is 11.3 Å². The van der Waals surface area contributed by atoms with Gasteiger partial charge in [0.15, 0.2) is 11.2 Å². The van der Waals surface area contributed by atoms with Gasteiger partial charge in [0.05, 0.1) is 55.5 Å². The van der Waals surface area contributed by atoms with Crippen molar-refractivity contribution in [3.8, 4) is 17.1 Å². The molecule has 1 aliphatic carbocycles. The van der Waals surface area contributed by atoms with Crippen molar-refractivity contribution in [2.45, 2.75) is 70.8 Å². The minimum atomic E-state index is -3.58. The lowest BCUT2D eigenvalue weighted by Gasteiger charge is -2.25. The minimum absolute atomic E-state index is 0.000446. The minimum Gasteiger partial charge on any atom is -0.477 e. The van der Waals surface area contributed by atoms with E-state index in [1.807, 2.05) is 6.92 Å². The average molecular weight is 734 g/mol. The molecule has 2 heterocycles. The molecule has 2 aromatic heterocycles. The zero-order chi connectivity index (χ0) is 36.3. The van der Waals surface area contributed by atoms with E-state index in [0.29, 0.717) is 36.7 Å². The number of ether oxygens (including phenoxy) is 3. The Labute approximate surface area is 295 Å². The number of carbonyl (C=O) groups excluding carboxylic acids is 3. The molecule has 0 saturated heterocycles. The number of hydrogen-bond acceptors (Lipinski definition) is 13. The second-order valence-electron chi connectivity index (χ2n) is 12.0. The summed E-state index contributed by atoms with van der Waals surface area (Å²) in [5.41, 5.74) is 1.25. The second-order valence-corrected chi connectivity index (χ2v) is 14.9. The largest absolute Gasteiger partial charge is 0.477 e. The van der Waals surface area contributed by atoms with Crippen molar-refractivity contribution in [1.29, 1.82) is 0 Å². The molecule has 272 valence electrons. The highest BCUT2D eigenvalue weighted by atomic mass is 32.2. The Balaban J connectivity index is 1.36. The van der Waals surface area contributed by atoms with Crippen molar-refractivity contribution in [3.05, 3.63) is 47.7 Å². The van der Waals surface area contributed by atoms with Crippen molar-refractivity contribution < 1.29 is 41.8 Å². The molecule has 50 heavy (non-hydrogen) atoms. The molecule has 0 radical (unpaired) electrons. The fraction of sp³-hybridized carbons (Fsp3) is 0.500. The SMILES string of the molecule is CCOc1cncc(-c2ccc(NC(=O)C(NC(=O)CCOCCON(CC)C(=O)OC(C)(C)C)c3csc(NS(=O)(=O)C4CC4)n3)cc2)n1. The molecule has 4 rings (SSSR count). The van der Waals surface area contributed by atoms with E-state index >= 15 is 0 Å². The summed E-state index contributed by atoms with van der Waals surface area (Å²) in [7, 11) is -3.58. The Morgan fingerprint density at radius 3 is 2.44 bits per heavy atom. The topological polar surface area (TPSA) is 200 Å². The van der Waals surface area contributed by atoms with Gasteiger partial charge in [-0.1, -0.05) is 12.1 Å². The van der Waals surface area contributed by atoms with Crippen LogP contribution in [0.4, 0.5) is 15.6 Å². The maximum absolute atomic E-state index is 13.6. The highest BCUT2D eigenvalue weighted by Crippen LogP contribution is 2.31. The van der Waals surface area contributed by atoms with Crippen LogP contribution in [0.1, 0.15) is 65.6 Å². The van der Waals surface area contributed by atoms with Gasteiger partial charge in [0.25, 0.3) is 5.91 Å². The zero-order valence-electron chi connectivity index (χ0n) is 28.6. The number of hydrogen-bond donors (Lipinski definition) is 3. The summed E-state index contributed by atoms with van der Waals surface area (Å²) in [5.74, 6) is -0.712. The molecule has 1 aliphatic rings. The number of sulfonamides is 1. The van der Waals surface area contributed by atoms with E-state index in [1.54, 1.807) is 58.2 Å². The molecule has 1 unspecified atom stereocenters. The predicted molar refractivity (Wildman–Crippen MR) is 186 cm³/mol. The van der Waals surface area contributed by atoms with Crippen molar-refractivity contribution in [3.63, 3.8) is 0 Å². The third kappa shape index (κ3) is 11.9. The normalized spacial score (nSPS) is 13.6. The summed E-state index contributed by atoms with van der Waals surface area (Å²) in [6, 6.07) is 5.61. The Kier molecular flexibility index (Phi) is 13.5. The number of carbonyl (C=O) groups is 3. The first-order chi connectivity index (χ1) is 23.8. The van der Waals surface area contributed by atoms with Gasteiger partial charge in [-0.2, -0.15) is 5.06 Å². The van der Waals surface area contributed by atoms with Crippen LogP contribution in [-0.4, -0.2) is 90.2 Å². The molecular weight excluding hydrogens is 691 g/mol. The molecular formula is C32H43N7O9S2. The number of amides is 3. The predicted octanol–water partition coefficient (Wildman–Crippen LogP) is 4.29. The van der Waals surface area contributed by atoms with E-state index in [-0.39, 0.29) is 43.6 Å². The lowest BCUT2D eigenvalue weighted by Crippen LogP contribution is -2.38. The molecule has 3 N–H and O–H groups in total. The van der Waals surface area contributed by atoms with Crippen LogP contribution in [0.3, 0.4) is 0 Å². The van der Waals surface area contributed by atoms with Crippen LogP contribution in [0.5, 0.6) is 5.88 Å². The number of thiazole rings is 1. The Bertz CT molecular complexity index is 1710. The van der Waals surface area contributed by atoms with Gasteiger partial charge in [0.2, 0.25) is 21.8 Å². The second kappa shape index (κ2) is 17.5. The van der Waals surface area contributed by atoms with Gasteiger partial charge in [-0.3, -0.25) is 24.1 Å². The molecule has 1 atom stereocenters. The molecule has 1 saturated carbocycles. The van der Waals surface area contributed by atoms with E-state index in [2.05, 4.69) is 30.3 Å². The summed E-state index contributed by atoms with van der Waals surface area (Å²) in [5, 5.41) is 7.69. The van der Waals surface area contributed by atoms with Gasteiger partial charge < -0.3 is 24.8 Å². The smallest absolute Gasteiger partial charge is 0.434 e. The van der Waals surface area contributed by atoms with E-state index in [0.717, 1.165) is 22.0 Å². The van der Waals surface area contributed by atoms with Crippen molar-refractivity contribution in [2.75, 3.05) is 43.0 Å². The maximum atomic E-state index is 13.6. The van der Waals surface area contributed by atoms with Gasteiger partial charge >= 0.3 is 6.09 Å². The Morgan fingerprint density at radius 1 is 1.04 bits per heavy atom. The van der Waals surface area contributed by atoms with E-state index < -0.39 is 44.8 Å². The Hall–Kier alpha value is -4.39. The number of nitrogens with one attached hydrogen (secondary N) is 3. The van der Waals surface area contributed by atoms with Crippen molar-refractivity contribution in [2.24, 2.45) is 0 Å². The summed E-state index contributed by atoms with van der Waals surface area (Å²) in [6.45, 7) is 9.69. The number of nitrogens with zero attached hydrogens (tertiary/aromatic N) is 4. The van der Waals surface area contributed by atoms with E-state index in [4.69, 9.17) is 19.0 Å². The van der Waals surface area contributed by atoms with Gasteiger partial charge in [-0.05, 0) is 59.6 Å². The van der Waals surface area contributed by atoms with Crippen LogP contribution in [0.15, 0.2) is 42.0 Å². The highest BCUT2D eigenvalue weighted by Gasteiger charge is 2.36. The highest BCUT2D eigenvalue weighted by molar-refractivity contribution is 7.93. The average Bonchev–Trinajstić information content (AvgIpc) is 3.84. The molecule has 1 aromatic carbocycles. The quantitative estimate of drug-likeness (QED) is 0.124. The molecule has 16 nitrogen and oxygen atoms in total.